The van der Waals surface area contributed by atoms with Crippen LogP contribution in [0.4, 0.5) is 0 Å². The smallest absolute Gasteiger partial charge is 0.172 e. The van der Waals surface area contributed by atoms with Crippen LogP contribution < -0.4 is 10.1 Å². The fraction of sp³-hybridized carbons (Fsp3) is 0.600. The molecule has 1 atom stereocenters. The number of methoxy groups -OCH3 is 1. The van der Waals surface area contributed by atoms with Gasteiger partial charge in [-0.05, 0) is 51.1 Å². The standard InChI is InChI=1S/C15H24BrNO3/c1-5-19-15(20-6-2)14(17-3)10-11-9-12(18-4)7-8-13(11)16/h7-9,14-15,17H,5-6,10H2,1-4H3. The van der Waals surface area contributed by atoms with Gasteiger partial charge in [-0.15, -0.1) is 0 Å². The SMILES string of the molecule is CCOC(OCC)C(Cc1cc(OC)ccc1Br)NC. The second-order valence-electron chi connectivity index (χ2n) is 4.34. The molecule has 5 heteroatoms. The van der Waals surface area contributed by atoms with E-state index in [2.05, 4.69) is 21.2 Å². The molecule has 0 saturated heterocycles. The summed E-state index contributed by atoms with van der Waals surface area (Å²) < 4.78 is 17.7. The van der Waals surface area contributed by atoms with Gasteiger partial charge in [0.1, 0.15) is 5.75 Å². The van der Waals surface area contributed by atoms with E-state index in [1.807, 2.05) is 39.1 Å². The zero-order chi connectivity index (χ0) is 15.0. The largest absolute Gasteiger partial charge is 0.497 e. The number of ether oxygens (including phenoxy) is 3. The van der Waals surface area contributed by atoms with Crippen molar-refractivity contribution in [1.29, 1.82) is 0 Å². The maximum atomic E-state index is 5.67. The van der Waals surface area contributed by atoms with E-state index in [1.165, 1.54) is 0 Å². The summed E-state index contributed by atoms with van der Waals surface area (Å²) in [5, 5.41) is 3.27. The molecule has 0 amide bonds. The Labute approximate surface area is 129 Å². The summed E-state index contributed by atoms with van der Waals surface area (Å²) in [6.07, 6.45) is 0.534. The van der Waals surface area contributed by atoms with Crippen molar-refractivity contribution in [2.75, 3.05) is 27.4 Å². The van der Waals surface area contributed by atoms with Gasteiger partial charge in [-0.2, -0.15) is 0 Å². The molecule has 0 heterocycles. The number of nitrogens with one attached hydrogen (secondary N) is 1. The van der Waals surface area contributed by atoms with Crippen molar-refractivity contribution < 1.29 is 14.2 Å². The quantitative estimate of drug-likeness (QED) is 0.698. The van der Waals surface area contributed by atoms with E-state index in [1.54, 1.807) is 7.11 Å². The lowest BCUT2D eigenvalue weighted by Crippen LogP contribution is -2.43. The molecule has 0 spiro atoms. The Hall–Kier alpha value is -0.620. The van der Waals surface area contributed by atoms with Crippen molar-refractivity contribution in [3.8, 4) is 5.75 Å². The van der Waals surface area contributed by atoms with Gasteiger partial charge in [-0.25, -0.2) is 0 Å². The maximum Gasteiger partial charge on any atom is 0.172 e. The topological polar surface area (TPSA) is 39.7 Å². The van der Waals surface area contributed by atoms with Gasteiger partial charge in [0.2, 0.25) is 0 Å². The van der Waals surface area contributed by atoms with E-state index < -0.39 is 0 Å². The Morgan fingerprint density at radius 2 is 1.85 bits per heavy atom. The second-order valence-corrected chi connectivity index (χ2v) is 5.19. The van der Waals surface area contributed by atoms with Crippen LogP contribution in [-0.4, -0.2) is 39.7 Å². The highest BCUT2D eigenvalue weighted by atomic mass is 79.9. The molecule has 1 rings (SSSR count). The minimum absolute atomic E-state index is 0.0818. The molecule has 0 aliphatic carbocycles. The zero-order valence-corrected chi connectivity index (χ0v) is 14.2. The Bertz CT molecular complexity index is 395. The van der Waals surface area contributed by atoms with E-state index in [0.717, 1.165) is 22.2 Å². The molecule has 1 aromatic rings. The lowest BCUT2D eigenvalue weighted by atomic mass is 10.1. The predicted molar refractivity (Wildman–Crippen MR) is 84.3 cm³/mol. The first kappa shape index (κ1) is 17.4. The number of benzene rings is 1. The highest BCUT2D eigenvalue weighted by molar-refractivity contribution is 9.10. The normalized spacial score (nSPS) is 12.7. The number of halogens is 1. The van der Waals surface area contributed by atoms with Crippen LogP contribution in [-0.2, 0) is 15.9 Å². The summed E-state index contributed by atoms with van der Waals surface area (Å²) in [5.74, 6) is 0.849. The Kier molecular flexibility index (Phi) is 8.14. The Balaban J connectivity index is 2.85. The number of likely N-dealkylation sites (N-methyl/N-ethyl adjacent to an activating group) is 1. The molecule has 0 saturated carbocycles. The molecule has 0 aromatic heterocycles. The van der Waals surface area contributed by atoms with Crippen LogP contribution in [0.5, 0.6) is 5.75 Å². The van der Waals surface area contributed by atoms with E-state index in [0.29, 0.717) is 13.2 Å². The maximum absolute atomic E-state index is 5.67. The van der Waals surface area contributed by atoms with Gasteiger partial charge in [0.15, 0.2) is 6.29 Å². The zero-order valence-electron chi connectivity index (χ0n) is 12.6. The highest BCUT2D eigenvalue weighted by Gasteiger charge is 2.22. The van der Waals surface area contributed by atoms with Gasteiger partial charge in [0.05, 0.1) is 13.2 Å². The summed E-state index contributed by atoms with van der Waals surface area (Å²) >= 11 is 3.58. The molecule has 1 N–H and O–H groups in total. The van der Waals surface area contributed by atoms with Crippen molar-refractivity contribution in [2.24, 2.45) is 0 Å². The molecule has 0 aliphatic rings. The van der Waals surface area contributed by atoms with Gasteiger partial charge in [-0.3, -0.25) is 0 Å². The van der Waals surface area contributed by atoms with Crippen molar-refractivity contribution >= 4 is 15.9 Å². The fourth-order valence-electron chi connectivity index (χ4n) is 2.01. The van der Waals surface area contributed by atoms with Crippen molar-refractivity contribution in [2.45, 2.75) is 32.6 Å². The van der Waals surface area contributed by atoms with Crippen molar-refractivity contribution in [1.82, 2.24) is 5.32 Å². The fourth-order valence-corrected chi connectivity index (χ4v) is 2.42. The minimum atomic E-state index is -0.256. The van der Waals surface area contributed by atoms with E-state index >= 15 is 0 Å². The van der Waals surface area contributed by atoms with Crippen LogP contribution in [0.3, 0.4) is 0 Å². The lowest BCUT2D eigenvalue weighted by Gasteiger charge is -2.27. The van der Waals surface area contributed by atoms with Gasteiger partial charge in [-0.1, -0.05) is 15.9 Å². The molecule has 114 valence electrons. The molecule has 0 aliphatic heterocycles. The monoisotopic (exact) mass is 345 g/mol. The third-order valence-corrected chi connectivity index (χ3v) is 3.83. The van der Waals surface area contributed by atoms with E-state index in [-0.39, 0.29) is 12.3 Å². The van der Waals surface area contributed by atoms with Crippen LogP contribution in [0, 0.1) is 0 Å². The minimum Gasteiger partial charge on any atom is -0.497 e. The molecule has 4 nitrogen and oxygen atoms in total. The molecule has 1 unspecified atom stereocenters. The van der Waals surface area contributed by atoms with Crippen molar-refractivity contribution in [3.05, 3.63) is 28.2 Å². The number of hydrogen-bond acceptors (Lipinski definition) is 4. The number of rotatable bonds is 9. The Morgan fingerprint density at radius 3 is 2.35 bits per heavy atom. The first-order valence-electron chi connectivity index (χ1n) is 6.89. The molecule has 0 radical (unpaired) electrons. The van der Waals surface area contributed by atoms with Crippen LogP contribution in [0.15, 0.2) is 22.7 Å². The second kappa shape index (κ2) is 9.34. The highest BCUT2D eigenvalue weighted by Crippen LogP contribution is 2.24. The third-order valence-electron chi connectivity index (χ3n) is 3.05. The van der Waals surface area contributed by atoms with E-state index in [4.69, 9.17) is 14.2 Å². The van der Waals surface area contributed by atoms with Crippen molar-refractivity contribution in [3.63, 3.8) is 0 Å². The molecule has 20 heavy (non-hydrogen) atoms. The van der Waals surface area contributed by atoms with Crippen LogP contribution in [0.1, 0.15) is 19.4 Å². The average Bonchev–Trinajstić information content (AvgIpc) is 2.46. The first-order valence-corrected chi connectivity index (χ1v) is 7.68. The molecular weight excluding hydrogens is 322 g/mol. The van der Waals surface area contributed by atoms with Gasteiger partial charge in [0.25, 0.3) is 0 Å². The lowest BCUT2D eigenvalue weighted by molar-refractivity contribution is -0.152. The van der Waals surface area contributed by atoms with Crippen LogP contribution in [0.2, 0.25) is 0 Å². The van der Waals surface area contributed by atoms with Gasteiger partial charge < -0.3 is 19.5 Å². The molecule has 1 aromatic carbocycles. The average molecular weight is 346 g/mol. The van der Waals surface area contributed by atoms with Crippen LogP contribution >= 0.6 is 15.9 Å². The summed E-state index contributed by atoms with van der Waals surface area (Å²) in [5.41, 5.74) is 1.16. The van der Waals surface area contributed by atoms with Gasteiger partial charge in [0, 0.05) is 17.7 Å². The van der Waals surface area contributed by atoms with Crippen LogP contribution in [0.25, 0.3) is 0 Å². The molecule has 0 bridgehead atoms. The summed E-state index contributed by atoms with van der Waals surface area (Å²) in [6.45, 7) is 5.20. The molecule has 0 fully saturated rings. The Morgan fingerprint density at radius 1 is 1.20 bits per heavy atom. The molecular formula is C15H24BrNO3. The summed E-state index contributed by atoms with van der Waals surface area (Å²) in [4.78, 5) is 0. The predicted octanol–water partition coefficient (Wildman–Crippen LogP) is 2.99. The third kappa shape index (κ3) is 5.05. The summed E-state index contributed by atoms with van der Waals surface area (Å²) in [7, 11) is 3.59. The first-order chi connectivity index (χ1) is 9.65. The summed E-state index contributed by atoms with van der Waals surface area (Å²) in [6, 6.07) is 6.05. The van der Waals surface area contributed by atoms with Gasteiger partial charge >= 0.3 is 0 Å². The number of hydrogen-bond donors (Lipinski definition) is 1. The van der Waals surface area contributed by atoms with E-state index in [9.17, 15) is 0 Å².